The van der Waals surface area contributed by atoms with Gasteiger partial charge in [0.25, 0.3) is 0 Å². The number of rotatable bonds is 2. The molecule has 4 heteroatoms. The fraction of sp³-hybridized carbons (Fsp3) is 0.143. The molecule has 0 radical (unpaired) electrons. The Balaban J connectivity index is 2.66. The lowest BCUT2D eigenvalue weighted by Gasteiger charge is -2.10. The topological polar surface area (TPSA) is 29.5 Å². The van der Waals surface area contributed by atoms with Gasteiger partial charge in [-0.3, -0.25) is 0 Å². The minimum Gasteiger partial charge on any atom is -0.507 e. The van der Waals surface area contributed by atoms with Gasteiger partial charge >= 0.3 is 0 Å². The first-order valence-electron chi connectivity index (χ1n) is 5.36. The first-order chi connectivity index (χ1) is 8.54. The summed E-state index contributed by atoms with van der Waals surface area (Å²) in [6.07, 6.45) is 0. The molecule has 0 aliphatic carbocycles. The van der Waals surface area contributed by atoms with Gasteiger partial charge in [0.2, 0.25) is 0 Å². The third-order valence-corrected chi connectivity index (χ3v) is 3.16. The maximum Gasteiger partial charge on any atom is 0.172 e. The second-order valence-electron chi connectivity index (χ2n) is 3.94. The number of hydrogen-bond acceptors (Lipinski definition) is 2. The third-order valence-electron chi connectivity index (χ3n) is 2.75. The van der Waals surface area contributed by atoms with E-state index in [1.54, 1.807) is 25.1 Å². The van der Waals surface area contributed by atoms with Gasteiger partial charge in [0.05, 0.1) is 7.11 Å². The van der Waals surface area contributed by atoms with Gasteiger partial charge in [0.15, 0.2) is 11.6 Å². The summed E-state index contributed by atoms with van der Waals surface area (Å²) in [5.41, 5.74) is 1.34. The van der Waals surface area contributed by atoms with Gasteiger partial charge < -0.3 is 9.84 Å². The highest BCUT2D eigenvalue weighted by Crippen LogP contribution is 2.37. The quantitative estimate of drug-likeness (QED) is 0.884. The molecular formula is C14H12ClFO2. The van der Waals surface area contributed by atoms with Crippen LogP contribution in [0.25, 0.3) is 11.1 Å². The first kappa shape index (κ1) is 12.7. The van der Waals surface area contributed by atoms with E-state index in [1.807, 2.05) is 0 Å². The van der Waals surface area contributed by atoms with Crippen LogP contribution < -0.4 is 4.74 Å². The summed E-state index contributed by atoms with van der Waals surface area (Å²) in [7, 11) is 1.39. The summed E-state index contributed by atoms with van der Waals surface area (Å²) in [5, 5.41) is 10.4. The number of hydrogen-bond donors (Lipinski definition) is 1. The van der Waals surface area contributed by atoms with Gasteiger partial charge in [-0.05, 0) is 30.7 Å². The van der Waals surface area contributed by atoms with E-state index in [2.05, 4.69) is 0 Å². The van der Waals surface area contributed by atoms with Gasteiger partial charge in [-0.1, -0.05) is 23.7 Å². The molecule has 0 unspecified atom stereocenters. The monoisotopic (exact) mass is 266 g/mol. The van der Waals surface area contributed by atoms with Gasteiger partial charge in [0, 0.05) is 16.1 Å². The van der Waals surface area contributed by atoms with Crippen molar-refractivity contribution in [2.24, 2.45) is 0 Å². The number of benzene rings is 2. The Morgan fingerprint density at radius 3 is 2.61 bits per heavy atom. The summed E-state index contributed by atoms with van der Waals surface area (Å²) >= 11 is 6.00. The number of ether oxygens (including phenoxy) is 1. The molecule has 2 aromatic carbocycles. The van der Waals surface area contributed by atoms with Crippen LogP contribution in [-0.2, 0) is 0 Å². The van der Waals surface area contributed by atoms with Crippen molar-refractivity contribution in [2.45, 2.75) is 6.92 Å². The van der Waals surface area contributed by atoms with Gasteiger partial charge in [-0.2, -0.15) is 0 Å². The molecule has 2 aromatic rings. The fourth-order valence-electron chi connectivity index (χ4n) is 1.76. The van der Waals surface area contributed by atoms with Crippen molar-refractivity contribution in [1.29, 1.82) is 0 Å². The lowest BCUT2D eigenvalue weighted by molar-refractivity contribution is 0.387. The number of aryl methyl sites for hydroxylation is 1. The first-order valence-corrected chi connectivity index (χ1v) is 5.74. The Labute approximate surface area is 110 Å². The summed E-state index contributed by atoms with van der Waals surface area (Å²) in [5.74, 6) is -0.400. The average Bonchev–Trinajstić information content (AvgIpc) is 2.34. The Morgan fingerprint density at radius 2 is 1.94 bits per heavy atom. The summed E-state index contributed by atoms with van der Waals surface area (Å²) in [4.78, 5) is 0. The summed E-state index contributed by atoms with van der Waals surface area (Å²) < 4.78 is 19.0. The van der Waals surface area contributed by atoms with Crippen molar-refractivity contribution in [3.8, 4) is 22.6 Å². The number of methoxy groups -OCH3 is 1. The number of aromatic hydroxyl groups is 1. The normalized spacial score (nSPS) is 10.4. The zero-order valence-electron chi connectivity index (χ0n) is 10.00. The van der Waals surface area contributed by atoms with Crippen LogP contribution in [0.3, 0.4) is 0 Å². The number of phenols is 1. The molecule has 0 amide bonds. The molecule has 0 aromatic heterocycles. The lowest BCUT2D eigenvalue weighted by Crippen LogP contribution is -1.92. The molecule has 0 bridgehead atoms. The van der Waals surface area contributed by atoms with Crippen molar-refractivity contribution in [3.05, 3.63) is 46.7 Å². The van der Waals surface area contributed by atoms with Crippen molar-refractivity contribution >= 4 is 11.6 Å². The van der Waals surface area contributed by atoms with Gasteiger partial charge in [0.1, 0.15) is 5.75 Å². The number of halogens is 2. The van der Waals surface area contributed by atoms with Gasteiger partial charge in [-0.25, -0.2) is 4.39 Å². The highest BCUT2D eigenvalue weighted by Gasteiger charge is 2.14. The Hall–Kier alpha value is -1.74. The van der Waals surface area contributed by atoms with Crippen molar-refractivity contribution in [1.82, 2.24) is 0 Å². The fourth-order valence-corrected chi connectivity index (χ4v) is 1.92. The largest absolute Gasteiger partial charge is 0.507 e. The van der Waals surface area contributed by atoms with E-state index < -0.39 is 5.82 Å². The molecule has 2 rings (SSSR count). The van der Waals surface area contributed by atoms with Crippen LogP contribution in [0.5, 0.6) is 11.5 Å². The summed E-state index contributed by atoms with van der Waals surface area (Å²) in [6.45, 7) is 1.77. The smallest absolute Gasteiger partial charge is 0.172 e. The SMILES string of the molecule is COc1cccc(-c2cc(Cl)c(C)cc2O)c1F. The minimum atomic E-state index is -0.518. The molecule has 0 fully saturated rings. The molecule has 0 spiro atoms. The molecule has 0 aliphatic heterocycles. The van der Waals surface area contributed by atoms with E-state index in [1.165, 1.54) is 19.2 Å². The molecule has 0 saturated carbocycles. The molecular weight excluding hydrogens is 255 g/mol. The van der Waals surface area contributed by atoms with Crippen LogP contribution >= 0.6 is 11.6 Å². The zero-order valence-corrected chi connectivity index (χ0v) is 10.8. The molecule has 94 valence electrons. The van der Waals surface area contributed by atoms with E-state index in [4.69, 9.17) is 16.3 Å². The van der Waals surface area contributed by atoms with E-state index in [9.17, 15) is 9.50 Å². The predicted octanol–water partition coefficient (Wildman–Crippen LogP) is 4.17. The third kappa shape index (κ3) is 2.14. The maximum atomic E-state index is 14.1. The van der Waals surface area contributed by atoms with Crippen LogP contribution in [0.1, 0.15) is 5.56 Å². The van der Waals surface area contributed by atoms with Crippen LogP contribution in [-0.4, -0.2) is 12.2 Å². The van der Waals surface area contributed by atoms with Crippen molar-refractivity contribution < 1.29 is 14.2 Å². The molecule has 0 heterocycles. The predicted molar refractivity (Wildman–Crippen MR) is 69.8 cm³/mol. The van der Waals surface area contributed by atoms with E-state index >= 15 is 0 Å². The second kappa shape index (κ2) is 4.86. The van der Waals surface area contributed by atoms with Crippen LogP contribution in [0.2, 0.25) is 5.02 Å². The molecule has 18 heavy (non-hydrogen) atoms. The number of phenolic OH excluding ortho intramolecular Hbond substituents is 1. The molecule has 0 atom stereocenters. The van der Waals surface area contributed by atoms with E-state index in [-0.39, 0.29) is 17.1 Å². The maximum absolute atomic E-state index is 14.1. The second-order valence-corrected chi connectivity index (χ2v) is 4.35. The highest BCUT2D eigenvalue weighted by molar-refractivity contribution is 6.31. The van der Waals surface area contributed by atoms with Crippen LogP contribution in [0.15, 0.2) is 30.3 Å². The Kier molecular flexibility index (Phi) is 3.43. The molecule has 1 N–H and O–H groups in total. The zero-order chi connectivity index (χ0) is 13.3. The minimum absolute atomic E-state index is 0.0101. The Bertz CT molecular complexity index is 597. The highest BCUT2D eigenvalue weighted by atomic mass is 35.5. The van der Waals surface area contributed by atoms with Crippen molar-refractivity contribution in [2.75, 3.05) is 7.11 Å². The van der Waals surface area contributed by atoms with Crippen LogP contribution in [0, 0.1) is 12.7 Å². The standard InChI is InChI=1S/C14H12ClFO2/c1-8-6-12(17)10(7-11(8)15)9-4-3-5-13(18-2)14(9)16/h3-7,17H,1-2H3. The Morgan fingerprint density at radius 1 is 1.22 bits per heavy atom. The van der Waals surface area contributed by atoms with Crippen LogP contribution in [0.4, 0.5) is 4.39 Å². The lowest BCUT2D eigenvalue weighted by atomic mass is 10.0. The molecule has 0 saturated heterocycles. The van der Waals surface area contributed by atoms with Gasteiger partial charge in [-0.15, -0.1) is 0 Å². The summed E-state index contributed by atoms with van der Waals surface area (Å²) in [6, 6.07) is 7.80. The molecule has 0 aliphatic rings. The average molecular weight is 267 g/mol. The van der Waals surface area contributed by atoms with E-state index in [0.29, 0.717) is 10.6 Å². The van der Waals surface area contributed by atoms with E-state index in [0.717, 1.165) is 5.56 Å². The van der Waals surface area contributed by atoms with Crippen molar-refractivity contribution in [3.63, 3.8) is 0 Å². The molecule has 2 nitrogen and oxygen atoms in total.